The Morgan fingerprint density at radius 1 is 1.03 bits per heavy atom. The number of carbonyl (C=O) groups excluding carboxylic acids is 1. The van der Waals surface area contributed by atoms with Gasteiger partial charge >= 0.3 is 0 Å². The quantitative estimate of drug-likeness (QED) is 0.555. The predicted octanol–water partition coefficient (Wildman–Crippen LogP) is 5.44. The monoisotopic (exact) mass is 440 g/mol. The van der Waals surface area contributed by atoms with E-state index >= 15 is 0 Å². The van der Waals surface area contributed by atoms with Crippen molar-refractivity contribution < 1.29 is 9.53 Å². The van der Waals surface area contributed by atoms with E-state index in [1.807, 2.05) is 12.3 Å². The lowest BCUT2D eigenvalue weighted by molar-refractivity contribution is -0.149. The van der Waals surface area contributed by atoms with Gasteiger partial charge in [0.25, 0.3) is 0 Å². The highest BCUT2D eigenvalue weighted by Gasteiger charge is 2.60. The summed E-state index contributed by atoms with van der Waals surface area (Å²) >= 11 is 0. The van der Waals surface area contributed by atoms with Crippen LogP contribution in [0, 0.1) is 17.3 Å². The SMILES string of the molecule is COc1ccc(C23C[C@@H]4C[C@H](CC(C(=O)NCCc5cccc6cccnc56)(C4)C2)C3)cc1. The van der Waals surface area contributed by atoms with Crippen LogP contribution in [0.4, 0.5) is 0 Å². The summed E-state index contributed by atoms with van der Waals surface area (Å²) in [7, 11) is 1.72. The van der Waals surface area contributed by atoms with Crippen molar-refractivity contribution in [1.82, 2.24) is 10.3 Å². The van der Waals surface area contributed by atoms with E-state index in [0.717, 1.165) is 42.3 Å². The van der Waals surface area contributed by atoms with E-state index in [-0.39, 0.29) is 16.7 Å². The second-order valence-corrected chi connectivity index (χ2v) is 10.7. The lowest BCUT2D eigenvalue weighted by atomic mass is 9.42. The molecule has 4 bridgehead atoms. The third-order valence-electron chi connectivity index (χ3n) is 8.64. The highest BCUT2D eigenvalue weighted by atomic mass is 16.5. The molecular weight excluding hydrogens is 408 g/mol. The molecule has 0 saturated heterocycles. The maximum absolute atomic E-state index is 13.7. The van der Waals surface area contributed by atoms with Crippen molar-refractivity contribution in [1.29, 1.82) is 0 Å². The fourth-order valence-corrected chi connectivity index (χ4v) is 7.68. The number of nitrogens with one attached hydrogen (secondary N) is 1. The van der Waals surface area contributed by atoms with Crippen LogP contribution in [0.2, 0.25) is 0 Å². The number of fused-ring (bicyclic) bond motifs is 1. The number of nitrogens with zero attached hydrogens (tertiary/aromatic N) is 1. The standard InChI is InChI=1S/C29H32N2O2/c1-33-25-9-7-24(8-10-25)28-15-20-14-21(16-28)18-29(17-20,19-28)27(32)31-13-11-23-5-2-4-22-6-3-12-30-26(22)23/h2-10,12,20-21H,11,13-19H2,1H3,(H,31,32)/t20-,21-,28?,29?/m0/s1. The topological polar surface area (TPSA) is 51.2 Å². The molecule has 1 N–H and O–H groups in total. The Hall–Kier alpha value is -2.88. The van der Waals surface area contributed by atoms with Gasteiger partial charge in [0.05, 0.1) is 18.0 Å². The van der Waals surface area contributed by atoms with Gasteiger partial charge in [-0.3, -0.25) is 9.78 Å². The second kappa shape index (κ2) is 7.86. The number of benzene rings is 2. The van der Waals surface area contributed by atoms with Crippen molar-refractivity contribution in [3.05, 3.63) is 71.9 Å². The summed E-state index contributed by atoms with van der Waals surface area (Å²) in [6.45, 7) is 0.668. The van der Waals surface area contributed by atoms with Gasteiger partial charge in [0.1, 0.15) is 5.75 Å². The van der Waals surface area contributed by atoms with Crippen LogP contribution in [0.1, 0.15) is 49.7 Å². The fourth-order valence-electron chi connectivity index (χ4n) is 7.68. The maximum atomic E-state index is 13.7. The molecule has 1 heterocycles. The molecule has 3 aromatic rings. The van der Waals surface area contributed by atoms with E-state index in [4.69, 9.17) is 4.74 Å². The van der Waals surface area contributed by atoms with E-state index < -0.39 is 0 Å². The summed E-state index contributed by atoms with van der Waals surface area (Å²) in [5.41, 5.74) is 3.58. The molecule has 0 aliphatic heterocycles. The molecule has 4 fully saturated rings. The molecule has 2 aromatic carbocycles. The lowest BCUT2D eigenvalue weighted by Gasteiger charge is -2.61. The van der Waals surface area contributed by atoms with Gasteiger partial charge < -0.3 is 10.1 Å². The van der Waals surface area contributed by atoms with Crippen LogP contribution >= 0.6 is 0 Å². The number of para-hydroxylation sites is 1. The highest BCUT2D eigenvalue weighted by Crippen LogP contribution is 2.65. The Morgan fingerprint density at radius 2 is 1.79 bits per heavy atom. The van der Waals surface area contributed by atoms with Gasteiger partial charge in [-0.2, -0.15) is 0 Å². The fraction of sp³-hybridized carbons (Fsp3) is 0.448. The predicted molar refractivity (Wildman–Crippen MR) is 130 cm³/mol. The summed E-state index contributed by atoms with van der Waals surface area (Å²) in [6.07, 6.45) is 9.52. The molecule has 0 spiro atoms. The molecule has 0 radical (unpaired) electrons. The summed E-state index contributed by atoms with van der Waals surface area (Å²) in [5, 5.41) is 4.51. The molecule has 4 aliphatic rings. The van der Waals surface area contributed by atoms with Crippen LogP contribution in [0.5, 0.6) is 5.75 Å². The Morgan fingerprint density at radius 3 is 2.55 bits per heavy atom. The van der Waals surface area contributed by atoms with Crippen molar-refractivity contribution in [3.8, 4) is 5.75 Å². The van der Waals surface area contributed by atoms with Gasteiger partial charge in [0.2, 0.25) is 5.91 Å². The van der Waals surface area contributed by atoms with Crippen LogP contribution in [-0.2, 0) is 16.6 Å². The summed E-state index contributed by atoms with van der Waals surface area (Å²) in [6, 6.07) is 19.0. The van der Waals surface area contributed by atoms with Gasteiger partial charge in [-0.25, -0.2) is 0 Å². The van der Waals surface area contributed by atoms with E-state index in [2.05, 4.69) is 58.8 Å². The number of hydrogen-bond donors (Lipinski definition) is 1. The molecule has 4 heteroatoms. The zero-order valence-electron chi connectivity index (χ0n) is 19.3. The smallest absolute Gasteiger partial charge is 0.226 e. The molecule has 4 saturated carbocycles. The molecule has 4 aliphatic carbocycles. The highest BCUT2D eigenvalue weighted by molar-refractivity contribution is 5.84. The molecule has 1 aromatic heterocycles. The first-order valence-electron chi connectivity index (χ1n) is 12.3. The molecular formula is C29H32N2O2. The summed E-state index contributed by atoms with van der Waals surface area (Å²) < 4.78 is 5.39. The van der Waals surface area contributed by atoms with Crippen molar-refractivity contribution in [3.63, 3.8) is 0 Å². The number of methoxy groups -OCH3 is 1. The summed E-state index contributed by atoms with van der Waals surface area (Å²) in [5.74, 6) is 2.52. The van der Waals surface area contributed by atoms with E-state index in [0.29, 0.717) is 18.4 Å². The minimum atomic E-state index is -0.207. The van der Waals surface area contributed by atoms with Gasteiger partial charge in [0, 0.05) is 18.1 Å². The van der Waals surface area contributed by atoms with Crippen LogP contribution in [-0.4, -0.2) is 24.5 Å². The zero-order chi connectivity index (χ0) is 22.5. The molecule has 1 amide bonds. The minimum absolute atomic E-state index is 0.146. The summed E-state index contributed by atoms with van der Waals surface area (Å²) in [4.78, 5) is 18.2. The number of pyridine rings is 1. The van der Waals surface area contributed by atoms with Gasteiger partial charge in [-0.1, -0.05) is 36.4 Å². The van der Waals surface area contributed by atoms with Crippen molar-refractivity contribution in [2.75, 3.05) is 13.7 Å². The maximum Gasteiger partial charge on any atom is 0.226 e. The van der Waals surface area contributed by atoms with Crippen molar-refractivity contribution in [2.24, 2.45) is 17.3 Å². The largest absolute Gasteiger partial charge is 0.497 e. The third kappa shape index (κ3) is 3.51. The van der Waals surface area contributed by atoms with E-state index in [1.165, 1.54) is 30.4 Å². The van der Waals surface area contributed by atoms with E-state index in [1.54, 1.807) is 7.11 Å². The van der Waals surface area contributed by atoms with Crippen molar-refractivity contribution >= 4 is 16.8 Å². The van der Waals surface area contributed by atoms with Crippen LogP contribution in [0.3, 0.4) is 0 Å². The number of carbonyl (C=O) groups is 1. The third-order valence-corrected chi connectivity index (χ3v) is 8.64. The molecule has 170 valence electrons. The number of rotatable bonds is 6. The molecule has 7 rings (SSSR count). The molecule has 2 atom stereocenters. The zero-order valence-corrected chi connectivity index (χ0v) is 19.3. The lowest BCUT2D eigenvalue weighted by Crippen LogP contribution is -2.59. The van der Waals surface area contributed by atoms with Gasteiger partial charge in [-0.05, 0) is 91.5 Å². The number of aromatic nitrogens is 1. The Balaban J connectivity index is 1.20. The van der Waals surface area contributed by atoms with Gasteiger partial charge in [-0.15, -0.1) is 0 Å². The Labute approximate surface area is 195 Å². The Kier molecular flexibility index (Phi) is 4.93. The number of ether oxygens (including phenoxy) is 1. The van der Waals surface area contributed by atoms with Crippen molar-refractivity contribution in [2.45, 2.75) is 50.4 Å². The van der Waals surface area contributed by atoms with Crippen LogP contribution in [0.25, 0.3) is 10.9 Å². The minimum Gasteiger partial charge on any atom is -0.497 e. The number of hydrogen-bond acceptors (Lipinski definition) is 3. The van der Waals surface area contributed by atoms with E-state index in [9.17, 15) is 4.79 Å². The normalized spacial score (nSPS) is 29.8. The van der Waals surface area contributed by atoms with Gasteiger partial charge in [0.15, 0.2) is 0 Å². The second-order valence-electron chi connectivity index (χ2n) is 10.7. The van der Waals surface area contributed by atoms with Crippen LogP contribution in [0.15, 0.2) is 60.8 Å². The first-order chi connectivity index (χ1) is 16.1. The molecule has 0 unspecified atom stereocenters. The number of amides is 1. The molecule has 4 nitrogen and oxygen atoms in total. The average Bonchev–Trinajstić information content (AvgIpc) is 2.83. The van der Waals surface area contributed by atoms with Crippen LogP contribution < -0.4 is 10.1 Å². The average molecular weight is 441 g/mol. The molecule has 33 heavy (non-hydrogen) atoms. The Bertz CT molecular complexity index is 1170. The first-order valence-corrected chi connectivity index (χ1v) is 12.3. The first kappa shape index (κ1) is 20.7.